The quantitative estimate of drug-likeness (QED) is 0.251. The monoisotopic (exact) mass is 440 g/mol. The molecule has 1 rings (SSSR count). The van der Waals surface area contributed by atoms with Crippen LogP contribution in [0.4, 0.5) is 0 Å². The molecule has 1 unspecified atom stereocenters. The first-order chi connectivity index (χ1) is 15.4. The lowest BCUT2D eigenvalue weighted by atomic mass is 10.1. The molecule has 2 N–H and O–H groups in total. The van der Waals surface area contributed by atoms with Gasteiger partial charge in [-0.15, -0.1) is 13.2 Å². The minimum atomic E-state index is 0.410. The van der Waals surface area contributed by atoms with Crippen molar-refractivity contribution in [3.8, 4) is 0 Å². The number of rotatable bonds is 12. The number of allylic oxidation sites excluding steroid dienone is 4. The van der Waals surface area contributed by atoms with E-state index in [0.717, 1.165) is 37.9 Å². The maximum Gasteiger partial charge on any atom is 0.0412 e. The predicted octanol–water partition coefficient (Wildman–Crippen LogP) is 8.68. The summed E-state index contributed by atoms with van der Waals surface area (Å²) in [4.78, 5) is 0. The minimum absolute atomic E-state index is 0.410. The summed E-state index contributed by atoms with van der Waals surface area (Å²) in [5.74, 6) is 0. The Kier molecular flexibility index (Phi) is 28.3. The Labute approximate surface area is 201 Å². The van der Waals surface area contributed by atoms with E-state index in [1.807, 2.05) is 13.8 Å². The van der Waals surface area contributed by atoms with Crippen molar-refractivity contribution in [2.75, 3.05) is 6.54 Å². The molecule has 2 heteroatoms. The van der Waals surface area contributed by atoms with Gasteiger partial charge in [0.15, 0.2) is 0 Å². The number of benzene rings is 1. The molecule has 32 heavy (non-hydrogen) atoms. The van der Waals surface area contributed by atoms with Gasteiger partial charge in [0.2, 0.25) is 0 Å². The van der Waals surface area contributed by atoms with E-state index in [4.69, 9.17) is 0 Å². The van der Waals surface area contributed by atoms with E-state index in [1.54, 1.807) is 6.20 Å². The summed E-state index contributed by atoms with van der Waals surface area (Å²) in [7, 11) is 0. The van der Waals surface area contributed by atoms with Crippen molar-refractivity contribution in [2.24, 2.45) is 0 Å². The Hall–Kier alpha value is -2.48. The lowest BCUT2D eigenvalue weighted by Gasteiger charge is -2.05. The van der Waals surface area contributed by atoms with Crippen molar-refractivity contribution >= 4 is 0 Å². The summed E-state index contributed by atoms with van der Waals surface area (Å²) in [6.45, 7) is 29.1. The second-order valence-electron chi connectivity index (χ2n) is 7.43. The summed E-state index contributed by atoms with van der Waals surface area (Å²) in [6.07, 6.45) is 14.1. The zero-order valence-corrected chi connectivity index (χ0v) is 22.3. The highest BCUT2D eigenvalue weighted by molar-refractivity contribution is 5.22. The third kappa shape index (κ3) is 25.6. The molecule has 0 saturated heterocycles. The largest absolute Gasteiger partial charge is 0.389 e. The van der Waals surface area contributed by atoms with Gasteiger partial charge in [-0.25, -0.2) is 0 Å². The van der Waals surface area contributed by atoms with Gasteiger partial charge in [-0.05, 0) is 71.6 Å². The number of hydrogen-bond donors (Lipinski definition) is 2. The van der Waals surface area contributed by atoms with Crippen LogP contribution in [-0.2, 0) is 6.42 Å². The first-order valence-electron chi connectivity index (χ1n) is 12.0. The molecule has 0 aliphatic rings. The molecule has 2 nitrogen and oxygen atoms in total. The fourth-order valence-electron chi connectivity index (χ4n) is 2.70. The van der Waals surface area contributed by atoms with Crippen molar-refractivity contribution in [1.29, 1.82) is 0 Å². The molecule has 1 atom stereocenters. The van der Waals surface area contributed by atoms with E-state index in [2.05, 4.69) is 114 Å². The molecule has 0 aliphatic heterocycles. The number of aryl methyl sites for hydroxylation is 2. The molecule has 1 aromatic carbocycles. The molecular weight excluding hydrogens is 388 g/mol. The molecule has 1 aromatic rings. The number of unbranched alkanes of at least 4 members (excludes halogenated alkanes) is 1. The fraction of sp³-hybridized carbons (Fsp3) is 0.467. The third-order valence-corrected chi connectivity index (χ3v) is 4.16. The lowest BCUT2D eigenvalue weighted by Crippen LogP contribution is -2.16. The maximum absolute atomic E-state index is 3.93. The zero-order valence-electron chi connectivity index (χ0n) is 22.3. The zero-order chi connectivity index (χ0) is 25.2. The van der Waals surface area contributed by atoms with Crippen LogP contribution in [-0.4, -0.2) is 12.6 Å². The molecule has 182 valence electrons. The highest BCUT2D eigenvalue weighted by atomic mass is 14.9. The number of nitrogens with one attached hydrogen (secondary N) is 2. The van der Waals surface area contributed by atoms with E-state index in [9.17, 15) is 0 Å². The standard InChI is InChI=1S/C18H27N.C8H15N.C2H6.C2H4/c1-4-17(3)19-14-9-7-5-6-8-12-18-13-10-11-16(2)15-18;1-5-9-8(4)6-7(2)3;2*1-2/h5-6,10-11,13,15,19H,3-4,7-9,12,14H2,1-2H3;5-6,8-9H,1H2,2-4H3;1-2H3;1-2H2. The normalized spacial score (nSPS) is 10.1. The van der Waals surface area contributed by atoms with E-state index in [0.29, 0.717) is 6.04 Å². The molecule has 0 saturated carbocycles. The minimum Gasteiger partial charge on any atom is -0.389 e. The average Bonchev–Trinajstić information content (AvgIpc) is 2.78. The molecule has 0 aromatic heterocycles. The third-order valence-electron chi connectivity index (χ3n) is 4.16. The van der Waals surface area contributed by atoms with E-state index in [1.165, 1.54) is 23.1 Å². The first kappa shape index (κ1) is 34.1. The van der Waals surface area contributed by atoms with Gasteiger partial charge in [0.25, 0.3) is 0 Å². The van der Waals surface area contributed by atoms with Gasteiger partial charge in [0, 0.05) is 18.3 Å². The van der Waals surface area contributed by atoms with Gasteiger partial charge in [-0.1, -0.05) is 87.6 Å². The van der Waals surface area contributed by atoms with Gasteiger partial charge < -0.3 is 10.6 Å². The van der Waals surface area contributed by atoms with Crippen molar-refractivity contribution in [1.82, 2.24) is 10.6 Å². The molecule has 0 aliphatic carbocycles. The summed E-state index contributed by atoms with van der Waals surface area (Å²) in [6, 6.07) is 9.18. The molecule has 0 amide bonds. The molecule has 0 radical (unpaired) electrons. The Morgan fingerprint density at radius 3 is 2.25 bits per heavy atom. The lowest BCUT2D eigenvalue weighted by molar-refractivity contribution is 0.715. The summed E-state index contributed by atoms with van der Waals surface area (Å²) in [5, 5.41) is 6.39. The van der Waals surface area contributed by atoms with Gasteiger partial charge in [-0.2, -0.15) is 0 Å². The molecule has 0 bridgehead atoms. The van der Waals surface area contributed by atoms with E-state index in [-0.39, 0.29) is 0 Å². The van der Waals surface area contributed by atoms with Crippen LogP contribution >= 0.6 is 0 Å². The van der Waals surface area contributed by atoms with Crippen LogP contribution < -0.4 is 10.6 Å². The van der Waals surface area contributed by atoms with Crippen LogP contribution in [0.1, 0.15) is 78.4 Å². The highest BCUT2D eigenvalue weighted by Crippen LogP contribution is 2.07. The second kappa shape index (κ2) is 26.6. The van der Waals surface area contributed by atoms with Crippen molar-refractivity contribution in [2.45, 2.75) is 86.6 Å². The second-order valence-corrected chi connectivity index (χ2v) is 7.43. The SMILES string of the molecule is C=C.C=C(CC)NCCCC=CCCc1cccc(C)c1.C=CNC(C)C=C(C)C.CC. The predicted molar refractivity (Wildman–Crippen MR) is 150 cm³/mol. The van der Waals surface area contributed by atoms with Gasteiger partial charge in [-0.3, -0.25) is 0 Å². The summed E-state index contributed by atoms with van der Waals surface area (Å²) < 4.78 is 0. The van der Waals surface area contributed by atoms with Crippen LogP contribution in [0.5, 0.6) is 0 Å². The van der Waals surface area contributed by atoms with Crippen LogP contribution in [0.2, 0.25) is 0 Å². The van der Waals surface area contributed by atoms with Gasteiger partial charge in [0.05, 0.1) is 0 Å². The first-order valence-corrected chi connectivity index (χ1v) is 12.0. The molecule has 0 fully saturated rings. The van der Waals surface area contributed by atoms with Crippen molar-refractivity contribution < 1.29 is 0 Å². The Morgan fingerprint density at radius 1 is 1.09 bits per heavy atom. The maximum atomic E-state index is 3.93. The molecular formula is C30H52N2. The Morgan fingerprint density at radius 2 is 1.72 bits per heavy atom. The van der Waals surface area contributed by atoms with Crippen LogP contribution in [0.15, 0.2) is 86.3 Å². The van der Waals surface area contributed by atoms with E-state index >= 15 is 0 Å². The van der Waals surface area contributed by atoms with Crippen molar-refractivity contribution in [3.05, 3.63) is 97.4 Å². The van der Waals surface area contributed by atoms with Crippen LogP contribution in [0.3, 0.4) is 0 Å². The smallest absolute Gasteiger partial charge is 0.0412 e. The van der Waals surface area contributed by atoms with Crippen LogP contribution in [0.25, 0.3) is 0 Å². The average molecular weight is 441 g/mol. The highest BCUT2D eigenvalue weighted by Gasteiger charge is 1.92. The topological polar surface area (TPSA) is 24.1 Å². The van der Waals surface area contributed by atoms with Gasteiger partial charge >= 0.3 is 0 Å². The number of hydrogen-bond acceptors (Lipinski definition) is 2. The Bertz CT molecular complexity index is 621. The van der Waals surface area contributed by atoms with Gasteiger partial charge in [0.1, 0.15) is 0 Å². The summed E-state index contributed by atoms with van der Waals surface area (Å²) in [5.41, 5.74) is 5.26. The summed E-state index contributed by atoms with van der Waals surface area (Å²) >= 11 is 0. The van der Waals surface area contributed by atoms with Crippen LogP contribution in [0, 0.1) is 6.92 Å². The molecule has 0 spiro atoms. The fourth-order valence-corrected chi connectivity index (χ4v) is 2.70. The van der Waals surface area contributed by atoms with E-state index < -0.39 is 0 Å². The van der Waals surface area contributed by atoms with Crippen molar-refractivity contribution in [3.63, 3.8) is 0 Å². The molecule has 0 heterocycles. The Balaban J connectivity index is -0.000000544.